The van der Waals surface area contributed by atoms with Gasteiger partial charge in [-0.15, -0.1) is 0 Å². The van der Waals surface area contributed by atoms with Gasteiger partial charge in [0.2, 0.25) is 0 Å². The van der Waals surface area contributed by atoms with E-state index in [2.05, 4.69) is 24.8 Å². The van der Waals surface area contributed by atoms with Gasteiger partial charge in [0, 0.05) is 6.54 Å². The molecule has 2 rings (SSSR count). The molecule has 0 amide bonds. The molecule has 1 aromatic rings. The first-order valence-electron chi connectivity index (χ1n) is 8.05. The average molecular weight is 286 g/mol. The number of ether oxygens (including phenoxy) is 1. The van der Waals surface area contributed by atoms with Crippen molar-refractivity contribution in [2.75, 3.05) is 26.2 Å². The van der Waals surface area contributed by atoms with E-state index in [1.54, 1.807) is 6.07 Å². The van der Waals surface area contributed by atoms with Crippen molar-refractivity contribution in [2.45, 2.75) is 33.1 Å². The predicted octanol–water partition coefficient (Wildman–Crippen LogP) is 3.70. The van der Waals surface area contributed by atoms with Crippen LogP contribution in [0.3, 0.4) is 0 Å². The number of rotatable bonds is 5. The number of benzene rings is 1. The Hall–Kier alpha value is -1.53. The van der Waals surface area contributed by atoms with Gasteiger partial charge in [-0.05, 0) is 56.3 Å². The van der Waals surface area contributed by atoms with Crippen LogP contribution in [-0.4, -0.2) is 31.1 Å². The third-order valence-electron chi connectivity index (χ3n) is 4.48. The number of hydrogen-bond acceptors (Lipinski definition) is 3. The van der Waals surface area contributed by atoms with Crippen LogP contribution < -0.4 is 4.74 Å². The zero-order chi connectivity index (χ0) is 15.1. The van der Waals surface area contributed by atoms with E-state index in [9.17, 15) is 0 Å². The molecule has 0 aliphatic carbocycles. The lowest BCUT2D eigenvalue weighted by molar-refractivity contribution is 0.210. The smallest absolute Gasteiger partial charge is 0.137 e. The molecule has 1 atom stereocenters. The van der Waals surface area contributed by atoms with Crippen LogP contribution in [0.1, 0.15) is 38.7 Å². The van der Waals surface area contributed by atoms with Crippen molar-refractivity contribution in [3.8, 4) is 11.8 Å². The van der Waals surface area contributed by atoms with E-state index in [-0.39, 0.29) is 0 Å². The molecule has 1 aliphatic heterocycles. The molecule has 1 heterocycles. The second kappa shape index (κ2) is 8.05. The fourth-order valence-electron chi connectivity index (χ4n) is 3.04. The van der Waals surface area contributed by atoms with Crippen molar-refractivity contribution in [1.82, 2.24) is 4.90 Å². The molecule has 1 unspecified atom stereocenters. The molecule has 0 N–H and O–H groups in total. The second-order valence-electron chi connectivity index (χ2n) is 6.23. The minimum atomic E-state index is 0.619. The number of hydrogen-bond donors (Lipinski definition) is 0. The van der Waals surface area contributed by atoms with Gasteiger partial charge < -0.3 is 4.74 Å². The minimum Gasteiger partial charge on any atom is -0.491 e. The highest BCUT2D eigenvalue weighted by molar-refractivity contribution is 5.42. The summed E-state index contributed by atoms with van der Waals surface area (Å²) < 4.78 is 5.78. The summed E-state index contributed by atoms with van der Waals surface area (Å²) in [6.45, 7) is 8.62. The van der Waals surface area contributed by atoms with Crippen molar-refractivity contribution in [1.29, 1.82) is 5.26 Å². The Morgan fingerprint density at radius 2 is 2.10 bits per heavy atom. The lowest BCUT2D eigenvalue weighted by Crippen LogP contribution is -2.29. The Kier molecular flexibility index (Phi) is 6.07. The van der Waals surface area contributed by atoms with Crippen LogP contribution in [0.5, 0.6) is 5.75 Å². The maximum atomic E-state index is 9.04. The zero-order valence-corrected chi connectivity index (χ0v) is 13.2. The van der Waals surface area contributed by atoms with E-state index in [1.165, 1.54) is 32.4 Å². The molecule has 3 nitrogen and oxygen atoms in total. The average Bonchev–Trinajstić information content (AvgIpc) is 2.73. The van der Waals surface area contributed by atoms with Gasteiger partial charge in [0.05, 0.1) is 5.56 Å². The molecular formula is C18H26N2O. The molecule has 114 valence electrons. The maximum absolute atomic E-state index is 9.04. The third kappa shape index (κ3) is 4.75. The Labute approximate surface area is 128 Å². The van der Waals surface area contributed by atoms with Crippen molar-refractivity contribution in [3.63, 3.8) is 0 Å². The molecule has 1 aromatic carbocycles. The summed E-state index contributed by atoms with van der Waals surface area (Å²) in [5, 5.41) is 9.04. The fourth-order valence-corrected chi connectivity index (χ4v) is 3.04. The van der Waals surface area contributed by atoms with Gasteiger partial charge in [-0.25, -0.2) is 0 Å². The monoisotopic (exact) mass is 286 g/mol. The maximum Gasteiger partial charge on any atom is 0.137 e. The zero-order valence-electron chi connectivity index (χ0n) is 13.2. The van der Waals surface area contributed by atoms with Crippen LogP contribution in [0, 0.1) is 23.2 Å². The van der Waals surface area contributed by atoms with E-state index in [0.717, 1.165) is 18.4 Å². The lowest BCUT2D eigenvalue weighted by atomic mass is 9.89. The number of nitrogens with zero attached hydrogens (tertiary/aromatic N) is 2. The largest absolute Gasteiger partial charge is 0.491 e. The fraction of sp³-hybridized carbons (Fsp3) is 0.611. The quantitative estimate of drug-likeness (QED) is 0.828. The Bertz CT molecular complexity index is 478. The van der Waals surface area contributed by atoms with Crippen LogP contribution in [0.4, 0.5) is 0 Å². The van der Waals surface area contributed by atoms with Gasteiger partial charge in [0.1, 0.15) is 18.4 Å². The Morgan fingerprint density at radius 3 is 2.86 bits per heavy atom. The molecule has 0 bridgehead atoms. The highest BCUT2D eigenvalue weighted by Gasteiger charge is 2.19. The normalized spacial score (nSPS) is 20.0. The van der Waals surface area contributed by atoms with Gasteiger partial charge in [-0.2, -0.15) is 5.26 Å². The summed E-state index contributed by atoms with van der Waals surface area (Å²) in [5.74, 6) is 2.37. The topological polar surface area (TPSA) is 36.3 Å². The standard InChI is InChI=1S/C18H26N2O/c1-15(2)16-7-5-10-20(11-9-16)12-13-21-18-8-4-3-6-17(18)14-19/h3-4,6,8,15-16H,5,7,9-13H2,1-2H3. The third-order valence-corrected chi connectivity index (χ3v) is 4.48. The number of likely N-dealkylation sites (tertiary alicyclic amines) is 1. The lowest BCUT2D eigenvalue weighted by Gasteiger charge is -2.21. The molecule has 0 saturated carbocycles. The summed E-state index contributed by atoms with van der Waals surface area (Å²) in [4.78, 5) is 2.50. The van der Waals surface area contributed by atoms with Gasteiger partial charge >= 0.3 is 0 Å². The van der Waals surface area contributed by atoms with Crippen LogP contribution in [0.2, 0.25) is 0 Å². The molecule has 0 aromatic heterocycles. The Balaban J connectivity index is 1.77. The van der Waals surface area contributed by atoms with Crippen molar-refractivity contribution in [3.05, 3.63) is 29.8 Å². The molecule has 1 aliphatic rings. The van der Waals surface area contributed by atoms with E-state index < -0.39 is 0 Å². The van der Waals surface area contributed by atoms with E-state index in [1.807, 2.05) is 18.2 Å². The summed E-state index contributed by atoms with van der Waals surface area (Å²) in [7, 11) is 0. The number of nitriles is 1. The van der Waals surface area contributed by atoms with E-state index >= 15 is 0 Å². The molecule has 3 heteroatoms. The highest BCUT2D eigenvalue weighted by atomic mass is 16.5. The highest BCUT2D eigenvalue weighted by Crippen LogP contribution is 2.24. The molecule has 0 spiro atoms. The molecule has 21 heavy (non-hydrogen) atoms. The summed E-state index contributed by atoms with van der Waals surface area (Å²) in [6, 6.07) is 9.62. The van der Waals surface area contributed by atoms with Gasteiger partial charge in [-0.3, -0.25) is 4.90 Å². The van der Waals surface area contributed by atoms with Crippen LogP contribution in [0.25, 0.3) is 0 Å². The first-order chi connectivity index (χ1) is 10.2. The van der Waals surface area contributed by atoms with Crippen molar-refractivity contribution >= 4 is 0 Å². The van der Waals surface area contributed by atoms with Crippen LogP contribution >= 0.6 is 0 Å². The first kappa shape index (κ1) is 15.9. The molecule has 1 fully saturated rings. The number of para-hydroxylation sites is 1. The molecule has 0 radical (unpaired) electrons. The van der Waals surface area contributed by atoms with Crippen molar-refractivity contribution < 1.29 is 4.74 Å². The van der Waals surface area contributed by atoms with E-state index in [4.69, 9.17) is 10.00 Å². The molecular weight excluding hydrogens is 260 g/mol. The van der Waals surface area contributed by atoms with Crippen LogP contribution in [0.15, 0.2) is 24.3 Å². The summed E-state index contributed by atoms with van der Waals surface area (Å²) in [6.07, 6.45) is 3.94. The minimum absolute atomic E-state index is 0.619. The van der Waals surface area contributed by atoms with E-state index in [0.29, 0.717) is 17.9 Å². The Morgan fingerprint density at radius 1 is 1.29 bits per heavy atom. The summed E-state index contributed by atoms with van der Waals surface area (Å²) in [5.41, 5.74) is 0.619. The second-order valence-corrected chi connectivity index (χ2v) is 6.23. The van der Waals surface area contributed by atoms with Crippen molar-refractivity contribution in [2.24, 2.45) is 11.8 Å². The predicted molar refractivity (Wildman–Crippen MR) is 85.3 cm³/mol. The molecule has 1 saturated heterocycles. The van der Waals surface area contributed by atoms with Gasteiger partial charge in [0.15, 0.2) is 0 Å². The van der Waals surface area contributed by atoms with Crippen LogP contribution in [-0.2, 0) is 0 Å². The summed E-state index contributed by atoms with van der Waals surface area (Å²) >= 11 is 0. The SMILES string of the molecule is CC(C)C1CCCN(CCOc2ccccc2C#N)CC1. The van der Waals surface area contributed by atoms with Gasteiger partial charge in [-0.1, -0.05) is 26.0 Å². The first-order valence-corrected chi connectivity index (χ1v) is 8.05. The van der Waals surface area contributed by atoms with Gasteiger partial charge in [0.25, 0.3) is 0 Å².